The molecule has 18 heavy (non-hydrogen) atoms. The van der Waals surface area contributed by atoms with Gasteiger partial charge >= 0.3 is 5.97 Å². The molecule has 2 aliphatic rings. The van der Waals surface area contributed by atoms with Gasteiger partial charge in [0.15, 0.2) is 0 Å². The van der Waals surface area contributed by atoms with Crippen molar-refractivity contribution >= 4 is 53.2 Å². The lowest BCUT2D eigenvalue weighted by molar-refractivity contribution is -0.145. The van der Waals surface area contributed by atoms with Crippen molar-refractivity contribution in [3.8, 4) is 0 Å². The van der Waals surface area contributed by atoms with E-state index < -0.39 is 5.97 Å². The van der Waals surface area contributed by atoms with Gasteiger partial charge in [-0.15, -0.1) is 23.1 Å². The summed E-state index contributed by atoms with van der Waals surface area (Å²) in [6.07, 6.45) is 1.99. The number of nitrogens with zero attached hydrogens (tertiary/aromatic N) is 2. The number of amides is 1. The first-order valence-electron chi connectivity index (χ1n) is 5.12. The minimum atomic E-state index is -1.10. The summed E-state index contributed by atoms with van der Waals surface area (Å²) < 4.78 is -0.267. The van der Waals surface area contributed by atoms with Crippen LogP contribution in [0.25, 0.3) is 5.57 Å². The summed E-state index contributed by atoms with van der Waals surface area (Å²) in [5.41, 5.74) is 0.556. The van der Waals surface area contributed by atoms with E-state index >= 15 is 0 Å². The van der Waals surface area contributed by atoms with Gasteiger partial charge in [-0.25, -0.2) is 9.78 Å². The molecule has 3 rings (SSSR count). The highest BCUT2D eigenvalue weighted by Crippen LogP contribution is 2.48. The molecule has 2 atom stereocenters. The molecule has 0 bridgehead atoms. The third kappa shape index (κ3) is 1.67. The average molecular weight is 300 g/mol. The van der Waals surface area contributed by atoms with E-state index in [9.17, 15) is 14.7 Å². The van der Waals surface area contributed by atoms with Crippen LogP contribution in [-0.4, -0.2) is 36.8 Å². The standard InChI is InChI=1S/C10H8N2O3S3/c13-4-3-5-12(4)7(9(14)15)6(10(16)18-5)8-11-1-2-17-8/h1-2,5,10,16H,3H2,(H,14,15). The van der Waals surface area contributed by atoms with Crippen molar-refractivity contribution in [1.29, 1.82) is 0 Å². The molecular formula is C10H8N2O3S3. The predicted molar refractivity (Wildman–Crippen MR) is 72.3 cm³/mol. The normalized spacial score (nSPS) is 26.9. The molecule has 1 fully saturated rings. The second kappa shape index (κ2) is 4.29. The summed E-state index contributed by atoms with van der Waals surface area (Å²) in [4.78, 5) is 28.5. The molecule has 0 saturated carbocycles. The molecule has 0 spiro atoms. The van der Waals surface area contributed by atoms with Crippen LogP contribution in [0, 0.1) is 0 Å². The van der Waals surface area contributed by atoms with Crippen LogP contribution in [0.1, 0.15) is 11.4 Å². The Morgan fingerprint density at radius 3 is 2.94 bits per heavy atom. The highest BCUT2D eigenvalue weighted by Gasteiger charge is 2.48. The molecule has 94 valence electrons. The number of thiol groups is 1. The topological polar surface area (TPSA) is 70.5 Å². The SMILES string of the molecule is O=C(O)C1=C(c2nccs2)C(S)SC2CC(=O)N12. The van der Waals surface area contributed by atoms with E-state index in [1.165, 1.54) is 28.0 Å². The van der Waals surface area contributed by atoms with Crippen LogP contribution < -0.4 is 0 Å². The van der Waals surface area contributed by atoms with Gasteiger partial charge in [-0.1, -0.05) is 0 Å². The molecule has 1 saturated heterocycles. The lowest BCUT2D eigenvalue weighted by Gasteiger charge is -2.45. The van der Waals surface area contributed by atoms with Gasteiger partial charge in [-0.2, -0.15) is 12.6 Å². The van der Waals surface area contributed by atoms with E-state index in [4.69, 9.17) is 0 Å². The van der Waals surface area contributed by atoms with E-state index in [2.05, 4.69) is 17.6 Å². The van der Waals surface area contributed by atoms with Crippen molar-refractivity contribution in [3.05, 3.63) is 22.3 Å². The van der Waals surface area contributed by atoms with Crippen molar-refractivity contribution in [1.82, 2.24) is 9.88 Å². The van der Waals surface area contributed by atoms with Crippen LogP contribution in [0.15, 0.2) is 17.3 Å². The smallest absolute Gasteiger partial charge is 0.353 e. The number of aliphatic carboxylic acids is 1. The molecular weight excluding hydrogens is 292 g/mol. The number of thioether (sulfide) groups is 1. The van der Waals surface area contributed by atoms with Crippen LogP contribution in [0.5, 0.6) is 0 Å². The summed E-state index contributed by atoms with van der Waals surface area (Å²) in [5.74, 6) is -1.25. The number of carboxylic acids is 1. The fraction of sp³-hybridized carbons (Fsp3) is 0.300. The van der Waals surface area contributed by atoms with E-state index in [-0.39, 0.29) is 21.6 Å². The van der Waals surface area contributed by atoms with E-state index in [0.29, 0.717) is 17.0 Å². The van der Waals surface area contributed by atoms with Gasteiger partial charge in [0.25, 0.3) is 0 Å². The molecule has 1 amide bonds. The summed E-state index contributed by atoms with van der Waals surface area (Å²) in [6.45, 7) is 0. The Morgan fingerprint density at radius 2 is 2.39 bits per heavy atom. The first-order valence-corrected chi connectivity index (χ1v) is 7.46. The van der Waals surface area contributed by atoms with Gasteiger partial charge in [-0.3, -0.25) is 9.69 Å². The monoisotopic (exact) mass is 300 g/mol. The maximum Gasteiger partial charge on any atom is 0.353 e. The second-order valence-corrected chi connectivity index (χ2v) is 6.86. The van der Waals surface area contributed by atoms with Crippen molar-refractivity contribution in [2.75, 3.05) is 0 Å². The second-order valence-electron chi connectivity index (χ2n) is 3.82. The molecule has 2 aliphatic heterocycles. The molecule has 5 nitrogen and oxygen atoms in total. The Morgan fingerprint density at radius 1 is 1.61 bits per heavy atom. The van der Waals surface area contributed by atoms with Gasteiger partial charge in [0, 0.05) is 17.2 Å². The quantitative estimate of drug-likeness (QED) is 0.640. The average Bonchev–Trinajstić information content (AvgIpc) is 2.80. The van der Waals surface area contributed by atoms with Gasteiger partial charge in [0.1, 0.15) is 10.7 Å². The Labute approximate surface area is 116 Å². The number of β-lactam (4-membered cyclic amide) rings is 1. The summed E-state index contributed by atoms with van der Waals surface area (Å²) in [5, 5.41) is 11.6. The Balaban J connectivity index is 2.17. The Kier molecular flexibility index (Phi) is 2.87. The zero-order chi connectivity index (χ0) is 12.9. The number of carbonyl (C=O) groups is 2. The number of thiazole rings is 1. The maximum atomic E-state index is 11.6. The minimum Gasteiger partial charge on any atom is -0.477 e. The largest absolute Gasteiger partial charge is 0.477 e. The molecule has 2 unspecified atom stereocenters. The molecule has 0 aliphatic carbocycles. The lowest BCUT2D eigenvalue weighted by Crippen LogP contribution is -2.54. The first-order chi connectivity index (χ1) is 8.59. The summed E-state index contributed by atoms with van der Waals surface area (Å²) in [6, 6.07) is 0. The van der Waals surface area contributed by atoms with E-state index in [0.717, 1.165) is 0 Å². The van der Waals surface area contributed by atoms with Gasteiger partial charge in [0.2, 0.25) is 5.91 Å². The lowest BCUT2D eigenvalue weighted by atomic mass is 10.1. The fourth-order valence-electron chi connectivity index (χ4n) is 2.01. The number of carbonyl (C=O) groups excluding carboxylic acids is 1. The number of fused-ring (bicyclic) bond motifs is 1. The zero-order valence-corrected chi connectivity index (χ0v) is 11.5. The fourth-order valence-corrected chi connectivity index (χ4v) is 4.79. The highest BCUT2D eigenvalue weighted by molar-refractivity contribution is 8.11. The van der Waals surface area contributed by atoms with Crippen molar-refractivity contribution in [2.24, 2.45) is 0 Å². The van der Waals surface area contributed by atoms with E-state index in [1.54, 1.807) is 11.6 Å². The number of hydrogen-bond donors (Lipinski definition) is 2. The molecule has 3 heterocycles. The molecule has 1 aromatic heterocycles. The van der Waals surface area contributed by atoms with Crippen LogP contribution in [0.2, 0.25) is 0 Å². The van der Waals surface area contributed by atoms with Crippen molar-refractivity contribution in [2.45, 2.75) is 16.4 Å². The number of hydrogen-bond acceptors (Lipinski definition) is 6. The number of rotatable bonds is 2. The minimum absolute atomic E-state index is 0.0324. The Bertz CT molecular complexity index is 555. The number of carboxylic acid groups (broad SMARTS) is 1. The van der Waals surface area contributed by atoms with Crippen LogP contribution in [0.4, 0.5) is 0 Å². The first kappa shape index (κ1) is 12.1. The third-order valence-corrected chi connectivity index (χ3v) is 5.42. The molecule has 8 heteroatoms. The van der Waals surface area contributed by atoms with E-state index in [1.807, 2.05) is 0 Å². The maximum absolute atomic E-state index is 11.6. The molecule has 1 N–H and O–H groups in total. The summed E-state index contributed by atoms with van der Waals surface area (Å²) >= 11 is 7.26. The van der Waals surface area contributed by atoms with Crippen molar-refractivity contribution < 1.29 is 14.7 Å². The van der Waals surface area contributed by atoms with Gasteiger partial charge in [-0.05, 0) is 0 Å². The van der Waals surface area contributed by atoms with Gasteiger partial charge < -0.3 is 5.11 Å². The molecule has 0 aromatic carbocycles. The summed E-state index contributed by atoms with van der Waals surface area (Å²) in [7, 11) is 0. The van der Waals surface area contributed by atoms with Crippen molar-refractivity contribution in [3.63, 3.8) is 0 Å². The highest BCUT2D eigenvalue weighted by atomic mass is 32.2. The van der Waals surface area contributed by atoms with Crippen LogP contribution in [0.3, 0.4) is 0 Å². The van der Waals surface area contributed by atoms with Gasteiger partial charge in [0.05, 0.1) is 16.4 Å². The third-order valence-electron chi connectivity index (χ3n) is 2.80. The molecule has 1 aromatic rings. The number of aromatic nitrogens is 1. The Hall–Kier alpha value is -0.990. The zero-order valence-electron chi connectivity index (χ0n) is 8.94. The van der Waals surface area contributed by atoms with Crippen LogP contribution in [-0.2, 0) is 9.59 Å². The predicted octanol–water partition coefficient (Wildman–Crippen LogP) is 1.50. The van der Waals surface area contributed by atoms with Crippen LogP contribution >= 0.6 is 35.7 Å². The molecule has 0 radical (unpaired) electrons.